The van der Waals surface area contributed by atoms with Gasteiger partial charge in [-0.05, 0) is 41.5 Å². The molecule has 0 spiro atoms. The van der Waals surface area contributed by atoms with Gasteiger partial charge in [0.15, 0.2) is 0 Å². The summed E-state index contributed by atoms with van der Waals surface area (Å²) in [5, 5.41) is 20.8. The highest BCUT2D eigenvalue weighted by Gasteiger charge is 2.11. The van der Waals surface area contributed by atoms with Gasteiger partial charge in [-0.15, -0.1) is 0 Å². The van der Waals surface area contributed by atoms with Gasteiger partial charge in [0.1, 0.15) is 10.8 Å². The van der Waals surface area contributed by atoms with Gasteiger partial charge in [0, 0.05) is 10.5 Å². The Labute approximate surface area is 128 Å². The Bertz CT molecular complexity index is 826. The van der Waals surface area contributed by atoms with Crippen LogP contribution in [0.4, 0.5) is 0 Å². The van der Waals surface area contributed by atoms with Crippen LogP contribution in [0.15, 0.2) is 65.6 Å². The maximum Gasteiger partial charge on any atom is 0.126 e. The number of phenolic OH excluding ortho intramolecular Hbond substituents is 1. The van der Waals surface area contributed by atoms with E-state index < -0.39 is 0 Å². The molecular weight excluding hydrogens is 278 g/mol. The Morgan fingerprint density at radius 3 is 2.29 bits per heavy atom. The Morgan fingerprint density at radius 1 is 0.952 bits per heavy atom. The van der Waals surface area contributed by atoms with Gasteiger partial charge in [0.05, 0.1) is 0 Å². The van der Waals surface area contributed by atoms with Crippen LogP contribution in [-0.2, 0) is 0 Å². The molecule has 3 aromatic rings. The van der Waals surface area contributed by atoms with Crippen molar-refractivity contribution in [2.75, 3.05) is 0 Å². The van der Waals surface area contributed by atoms with Crippen LogP contribution in [0.25, 0.3) is 10.8 Å². The molecule has 0 saturated carbocycles. The maximum absolute atomic E-state index is 10.2. The van der Waals surface area contributed by atoms with E-state index in [1.54, 1.807) is 6.07 Å². The summed E-state index contributed by atoms with van der Waals surface area (Å²) in [7, 11) is 0. The fourth-order valence-corrected chi connectivity index (χ4v) is 3.12. The fourth-order valence-electron chi connectivity index (χ4n) is 2.25. The van der Waals surface area contributed by atoms with E-state index in [4.69, 9.17) is 5.41 Å². The van der Waals surface area contributed by atoms with Crippen molar-refractivity contribution in [2.24, 2.45) is 0 Å². The first-order valence-electron chi connectivity index (χ1n) is 6.69. The van der Waals surface area contributed by atoms with E-state index >= 15 is 0 Å². The number of hydrogen-bond donors (Lipinski definition) is 2. The molecule has 21 heavy (non-hydrogen) atoms. The van der Waals surface area contributed by atoms with Crippen LogP contribution in [0.1, 0.15) is 11.1 Å². The van der Waals surface area contributed by atoms with Crippen molar-refractivity contribution in [3.63, 3.8) is 0 Å². The van der Waals surface area contributed by atoms with Crippen LogP contribution >= 0.6 is 11.8 Å². The average molecular weight is 293 g/mol. The lowest BCUT2D eigenvalue weighted by atomic mass is 10.1. The Morgan fingerprint density at radius 2 is 1.57 bits per heavy atom. The van der Waals surface area contributed by atoms with Crippen LogP contribution < -0.4 is 0 Å². The van der Waals surface area contributed by atoms with Gasteiger partial charge in [-0.3, -0.25) is 5.41 Å². The highest BCUT2D eigenvalue weighted by molar-refractivity contribution is 8.14. The van der Waals surface area contributed by atoms with Crippen LogP contribution in [0, 0.1) is 12.3 Å². The molecule has 0 bridgehead atoms. The van der Waals surface area contributed by atoms with Crippen molar-refractivity contribution in [3.05, 3.63) is 71.8 Å². The van der Waals surface area contributed by atoms with Crippen molar-refractivity contribution < 1.29 is 5.11 Å². The summed E-state index contributed by atoms with van der Waals surface area (Å²) in [4.78, 5) is 1.04. The second-order valence-corrected chi connectivity index (χ2v) is 5.97. The van der Waals surface area contributed by atoms with Crippen LogP contribution in [0.3, 0.4) is 0 Å². The van der Waals surface area contributed by atoms with Crippen LogP contribution in [-0.4, -0.2) is 10.2 Å². The van der Waals surface area contributed by atoms with Crippen LogP contribution in [0.5, 0.6) is 5.75 Å². The highest BCUT2D eigenvalue weighted by Crippen LogP contribution is 2.32. The third-order valence-corrected chi connectivity index (χ3v) is 4.52. The van der Waals surface area contributed by atoms with Gasteiger partial charge in [0.2, 0.25) is 0 Å². The molecule has 104 valence electrons. The summed E-state index contributed by atoms with van der Waals surface area (Å²) in [6.45, 7) is 2.02. The molecule has 0 aliphatic heterocycles. The molecule has 0 saturated heterocycles. The summed E-state index contributed by atoms with van der Waals surface area (Å²) in [5.74, 6) is 0.153. The first-order chi connectivity index (χ1) is 10.1. The van der Waals surface area contributed by atoms with E-state index in [1.807, 2.05) is 61.5 Å². The lowest BCUT2D eigenvalue weighted by Crippen LogP contribution is -1.95. The molecule has 0 heterocycles. The molecule has 2 N–H and O–H groups in total. The Kier molecular flexibility index (Phi) is 3.67. The maximum atomic E-state index is 10.2. The van der Waals surface area contributed by atoms with E-state index in [9.17, 15) is 5.11 Å². The van der Waals surface area contributed by atoms with Gasteiger partial charge in [0.25, 0.3) is 0 Å². The standard InChI is InChI=1S/C18H15NOS/c1-12-6-2-5-9-17(12)21-18(19)15-10-13-7-3-4-8-14(13)11-16(15)20/h2-11,19-20H,1H3. The molecule has 0 fully saturated rings. The number of thioether (sulfide) groups is 1. The lowest BCUT2D eigenvalue weighted by Gasteiger charge is -2.09. The molecule has 0 atom stereocenters. The monoisotopic (exact) mass is 293 g/mol. The van der Waals surface area contributed by atoms with Gasteiger partial charge in [-0.25, -0.2) is 0 Å². The average Bonchev–Trinajstić information content (AvgIpc) is 2.49. The van der Waals surface area contributed by atoms with Gasteiger partial charge < -0.3 is 5.11 Å². The predicted molar refractivity (Wildman–Crippen MR) is 89.5 cm³/mol. The van der Waals surface area contributed by atoms with Crippen molar-refractivity contribution >= 4 is 27.6 Å². The molecule has 0 unspecified atom stereocenters. The molecule has 3 aromatic carbocycles. The van der Waals surface area contributed by atoms with Gasteiger partial charge >= 0.3 is 0 Å². The number of phenols is 1. The molecule has 0 aliphatic rings. The van der Waals surface area contributed by atoms with E-state index in [1.165, 1.54) is 11.8 Å². The number of fused-ring (bicyclic) bond motifs is 1. The minimum absolute atomic E-state index is 0.153. The molecule has 0 amide bonds. The summed E-state index contributed by atoms with van der Waals surface area (Å²) in [6.07, 6.45) is 0. The van der Waals surface area contributed by atoms with E-state index in [0.29, 0.717) is 10.6 Å². The lowest BCUT2D eigenvalue weighted by molar-refractivity contribution is 0.475. The summed E-state index contributed by atoms with van der Waals surface area (Å²) in [5.41, 5.74) is 1.70. The Hall–Kier alpha value is -2.26. The number of aryl methyl sites for hydroxylation is 1. The van der Waals surface area contributed by atoms with Crippen molar-refractivity contribution in [3.8, 4) is 5.75 Å². The fraction of sp³-hybridized carbons (Fsp3) is 0.0556. The quantitative estimate of drug-likeness (QED) is 0.398. The molecule has 3 heteroatoms. The van der Waals surface area contributed by atoms with Gasteiger partial charge in [-0.2, -0.15) is 0 Å². The summed E-state index contributed by atoms with van der Waals surface area (Å²) >= 11 is 1.37. The summed E-state index contributed by atoms with van der Waals surface area (Å²) < 4.78 is 0. The summed E-state index contributed by atoms with van der Waals surface area (Å²) in [6, 6.07) is 19.4. The normalized spacial score (nSPS) is 10.7. The van der Waals surface area contributed by atoms with E-state index in [2.05, 4.69) is 0 Å². The predicted octanol–water partition coefficient (Wildman–Crippen LogP) is 4.97. The molecule has 0 aromatic heterocycles. The number of hydrogen-bond acceptors (Lipinski definition) is 3. The first-order valence-corrected chi connectivity index (χ1v) is 7.51. The number of nitrogens with one attached hydrogen (secondary N) is 1. The molecule has 0 radical (unpaired) electrons. The second kappa shape index (κ2) is 5.62. The van der Waals surface area contributed by atoms with E-state index in [0.717, 1.165) is 21.2 Å². The highest BCUT2D eigenvalue weighted by atomic mass is 32.2. The zero-order valence-electron chi connectivity index (χ0n) is 11.6. The van der Waals surface area contributed by atoms with Crippen molar-refractivity contribution in [1.82, 2.24) is 0 Å². The van der Waals surface area contributed by atoms with Crippen molar-refractivity contribution in [2.45, 2.75) is 11.8 Å². The Balaban J connectivity index is 1.98. The largest absolute Gasteiger partial charge is 0.507 e. The third-order valence-electron chi connectivity index (χ3n) is 3.41. The molecular formula is C18H15NOS. The third kappa shape index (κ3) is 2.78. The van der Waals surface area contributed by atoms with Crippen molar-refractivity contribution in [1.29, 1.82) is 5.41 Å². The molecule has 3 rings (SSSR count). The first kappa shape index (κ1) is 13.7. The number of rotatable bonds is 2. The van der Waals surface area contributed by atoms with E-state index in [-0.39, 0.29) is 5.75 Å². The minimum Gasteiger partial charge on any atom is -0.507 e. The zero-order chi connectivity index (χ0) is 14.8. The number of aromatic hydroxyl groups is 1. The molecule has 2 nitrogen and oxygen atoms in total. The topological polar surface area (TPSA) is 44.1 Å². The zero-order valence-corrected chi connectivity index (χ0v) is 12.4. The number of benzene rings is 3. The van der Waals surface area contributed by atoms with Gasteiger partial charge in [-0.1, -0.05) is 54.2 Å². The van der Waals surface area contributed by atoms with Crippen LogP contribution in [0.2, 0.25) is 0 Å². The minimum atomic E-state index is 0.153. The molecule has 0 aliphatic carbocycles. The smallest absolute Gasteiger partial charge is 0.126 e. The SMILES string of the molecule is Cc1ccccc1SC(=N)c1cc2ccccc2cc1O. The second-order valence-electron chi connectivity index (χ2n) is 4.91.